The molecule has 0 atom stereocenters. The van der Waals surface area contributed by atoms with Gasteiger partial charge in [-0.1, -0.05) is 13.8 Å². The second-order valence-electron chi connectivity index (χ2n) is 4.97. The summed E-state index contributed by atoms with van der Waals surface area (Å²) in [6, 6.07) is 8.14. The zero-order valence-corrected chi connectivity index (χ0v) is 11.2. The highest BCUT2D eigenvalue weighted by Crippen LogP contribution is 2.30. The Morgan fingerprint density at radius 2 is 2.00 bits per heavy atom. The summed E-state index contributed by atoms with van der Waals surface area (Å²) >= 11 is 0. The highest BCUT2D eigenvalue weighted by atomic mass is 16.5. The molecule has 0 aromatic heterocycles. The maximum Gasteiger partial charge on any atom is 0.122 e. The minimum atomic E-state index is -0.567. The number of nitrogens with one attached hydrogen (secondary N) is 1. The van der Waals surface area contributed by atoms with Crippen LogP contribution in [0.2, 0.25) is 0 Å². The Hall–Kier alpha value is -1.69. The van der Waals surface area contributed by atoms with Crippen LogP contribution in [0.4, 0.5) is 5.69 Å². The summed E-state index contributed by atoms with van der Waals surface area (Å²) in [5.41, 5.74) is 1.52. The molecule has 0 radical (unpaired) electrons. The lowest BCUT2D eigenvalue weighted by Crippen LogP contribution is -2.28. The van der Waals surface area contributed by atoms with E-state index in [-0.39, 0.29) is 0 Å². The summed E-state index contributed by atoms with van der Waals surface area (Å²) in [7, 11) is 1.67. The third-order valence-corrected chi connectivity index (χ3v) is 2.59. The van der Waals surface area contributed by atoms with Gasteiger partial charge in [-0.25, -0.2) is 0 Å². The van der Waals surface area contributed by atoms with Crippen LogP contribution in [0, 0.1) is 11.3 Å². The molecule has 0 spiro atoms. The van der Waals surface area contributed by atoms with E-state index in [1.165, 1.54) is 0 Å². The third kappa shape index (κ3) is 3.39. The standard InChI is InChI=1S/C14H20N2O/c1-10(2)12-8-11(6-7-13(12)17-5)16-14(3,4)9-15/h6-8,10,16H,1-5H3. The summed E-state index contributed by atoms with van der Waals surface area (Å²) in [4.78, 5) is 0. The van der Waals surface area contributed by atoms with Gasteiger partial charge in [-0.05, 0) is 43.5 Å². The van der Waals surface area contributed by atoms with Gasteiger partial charge in [0.15, 0.2) is 0 Å². The summed E-state index contributed by atoms with van der Waals surface area (Å²) in [5.74, 6) is 1.28. The largest absolute Gasteiger partial charge is 0.496 e. The number of methoxy groups -OCH3 is 1. The van der Waals surface area contributed by atoms with E-state index in [0.717, 1.165) is 17.0 Å². The Labute approximate surface area is 103 Å². The summed E-state index contributed by atoms with van der Waals surface area (Å²) < 4.78 is 5.33. The van der Waals surface area contributed by atoms with Crippen molar-refractivity contribution in [3.05, 3.63) is 23.8 Å². The molecule has 0 aliphatic heterocycles. The van der Waals surface area contributed by atoms with Crippen molar-refractivity contribution < 1.29 is 4.74 Å². The molecule has 0 saturated heterocycles. The Kier molecular flexibility index (Phi) is 4.01. The maximum atomic E-state index is 9.00. The molecule has 1 rings (SSSR count). The number of ether oxygens (including phenoxy) is 1. The van der Waals surface area contributed by atoms with Gasteiger partial charge in [0, 0.05) is 5.69 Å². The molecular weight excluding hydrogens is 212 g/mol. The zero-order chi connectivity index (χ0) is 13.1. The van der Waals surface area contributed by atoms with Gasteiger partial charge in [-0.3, -0.25) is 0 Å². The second-order valence-corrected chi connectivity index (χ2v) is 4.97. The van der Waals surface area contributed by atoms with Crippen molar-refractivity contribution in [3.63, 3.8) is 0 Å². The number of hydrogen-bond acceptors (Lipinski definition) is 3. The lowest BCUT2D eigenvalue weighted by Gasteiger charge is -2.21. The summed E-state index contributed by atoms with van der Waals surface area (Å²) in [6.45, 7) is 7.95. The highest BCUT2D eigenvalue weighted by molar-refractivity contribution is 5.54. The zero-order valence-electron chi connectivity index (χ0n) is 11.2. The van der Waals surface area contributed by atoms with Crippen molar-refractivity contribution in [3.8, 4) is 11.8 Å². The van der Waals surface area contributed by atoms with Crippen LogP contribution in [0.25, 0.3) is 0 Å². The number of anilines is 1. The van der Waals surface area contributed by atoms with Crippen LogP contribution in [-0.2, 0) is 0 Å². The molecule has 1 N–H and O–H groups in total. The molecule has 0 heterocycles. The average molecular weight is 232 g/mol. The fourth-order valence-electron chi connectivity index (χ4n) is 1.65. The van der Waals surface area contributed by atoms with Crippen molar-refractivity contribution in [1.29, 1.82) is 5.26 Å². The van der Waals surface area contributed by atoms with Crippen LogP contribution in [-0.4, -0.2) is 12.6 Å². The summed E-state index contributed by atoms with van der Waals surface area (Å²) in [5, 5.41) is 12.2. The predicted octanol–water partition coefficient (Wildman–Crippen LogP) is 3.53. The van der Waals surface area contributed by atoms with Gasteiger partial charge in [-0.2, -0.15) is 5.26 Å². The van der Waals surface area contributed by atoms with E-state index in [2.05, 4.69) is 25.2 Å². The quantitative estimate of drug-likeness (QED) is 0.863. The van der Waals surface area contributed by atoms with E-state index in [1.54, 1.807) is 7.11 Å². The smallest absolute Gasteiger partial charge is 0.122 e. The molecule has 0 aliphatic rings. The molecule has 3 heteroatoms. The van der Waals surface area contributed by atoms with E-state index in [0.29, 0.717) is 5.92 Å². The number of benzene rings is 1. The topological polar surface area (TPSA) is 45.0 Å². The van der Waals surface area contributed by atoms with Gasteiger partial charge in [0.25, 0.3) is 0 Å². The van der Waals surface area contributed by atoms with Crippen LogP contribution < -0.4 is 10.1 Å². The minimum Gasteiger partial charge on any atom is -0.496 e. The fraction of sp³-hybridized carbons (Fsp3) is 0.500. The van der Waals surface area contributed by atoms with Gasteiger partial charge in [-0.15, -0.1) is 0 Å². The van der Waals surface area contributed by atoms with Gasteiger partial charge in [0.05, 0.1) is 13.2 Å². The second kappa shape index (κ2) is 5.09. The molecule has 0 aliphatic carbocycles. The molecule has 0 saturated carbocycles. The number of hydrogen-bond donors (Lipinski definition) is 1. The van der Waals surface area contributed by atoms with Crippen molar-refractivity contribution in [2.75, 3.05) is 12.4 Å². The van der Waals surface area contributed by atoms with Crippen molar-refractivity contribution in [1.82, 2.24) is 0 Å². The first-order chi connectivity index (χ1) is 7.89. The van der Waals surface area contributed by atoms with Gasteiger partial charge >= 0.3 is 0 Å². The normalized spacial score (nSPS) is 11.1. The molecular formula is C14H20N2O. The fourth-order valence-corrected chi connectivity index (χ4v) is 1.65. The molecule has 3 nitrogen and oxygen atoms in total. The molecule has 0 unspecified atom stereocenters. The van der Waals surface area contributed by atoms with Crippen LogP contribution in [0.1, 0.15) is 39.2 Å². The van der Waals surface area contributed by atoms with Crippen molar-refractivity contribution in [2.24, 2.45) is 0 Å². The van der Waals surface area contributed by atoms with Crippen LogP contribution in [0.15, 0.2) is 18.2 Å². The van der Waals surface area contributed by atoms with Gasteiger partial charge < -0.3 is 10.1 Å². The van der Waals surface area contributed by atoms with E-state index in [9.17, 15) is 0 Å². The van der Waals surface area contributed by atoms with Crippen LogP contribution in [0.3, 0.4) is 0 Å². The number of nitrogens with zero attached hydrogens (tertiary/aromatic N) is 1. The predicted molar refractivity (Wildman–Crippen MR) is 70.4 cm³/mol. The Morgan fingerprint density at radius 3 is 2.47 bits per heavy atom. The van der Waals surface area contributed by atoms with E-state index >= 15 is 0 Å². The average Bonchev–Trinajstić information content (AvgIpc) is 2.28. The first-order valence-corrected chi connectivity index (χ1v) is 5.77. The molecule has 0 fully saturated rings. The number of rotatable bonds is 4. The lowest BCUT2D eigenvalue weighted by molar-refractivity contribution is 0.407. The van der Waals surface area contributed by atoms with Crippen LogP contribution >= 0.6 is 0 Å². The monoisotopic (exact) mass is 232 g/mol. The molecule has 1 aromatic rings. The van der Waals surface area contributed by atoms with Crippen molar-refractivity contribution >= 4 is 5.69 Å². The van der Waals surface area contributed by atoms with E-state index < -0.39 is 5.54 Å². The van der Waals surface area contributed by atoms with Gasteiger partial charge in [0.2, 0.25) is 0 Å². The summed E-state index contributed by atoms with van der Waals surface area (Å²) in [6.07, 6.45) is 0. The maximum absolute atomic E-state index is 9.00. The highest BCUT2D eigenvalue weighted by Gasteiger charge is 2.17. The first kappa shape index (κ1) is 13.4. The molecule has 1 aromatic carbocycles. The minimum absolute atomic E-state index is 0.386. The lowest BCUT2D eigenvalue weighted by atomic mass is 10.0. The Balaban J connectivity index is 3.05. The Morgan fingerprint density at radius 1 is 1.35 bits per heavy atom. The first-order valence-electron chi connectivity index (χ1n) is 5.77. The SMILES string of the molecule is COc1ccc(NC(C)(C)C#N)cc1C(C)C. The van der Waals surface area contributed by atoms with E-state index in [1.807, 2.05) is 32.0 Å². The van der Waals surface area contributed by atoms with E-state index in [4.69, 9.17) is 10.00 Å². The molecule has 92 valence electrons. The Bertz CT molecular complexity index is 430. The van der Waals surface area contributed by atoms with Gasteiger partial charge in [0.1, 0.15) is 11.3 Å². The molecule has 0 amide bonds. The molecule has 17 heavy (non-hydrogen) atoms. The third-order valence-electron chi connectivity index (χ3n) is 2.59. The van der Waals surface area contributed by atoms with Crippen molar-refractivity contribution in [2.45, 2.75) is 39.2 Å². The molecule has 0 bridgehead atoms. The number of nitriles is 1. The van der Waals surface area contributed by atoms with Crippen LogP contribution in [0.5, 0.6) is 5.75 Å².